The fraction of sp³-hybridized carbons (Fsp3) is 0.381. The highest BCUT2D eigenvalue weighted by Gasteiger charge is 2.22. The summed E-state index contributed by atoms with van der Waals surface area (Å²) in [5.41, 5.74) is 1.87. The van der Waals surface area contributed by atoms with Crippen LogP contribution in [0.5, 0.6) is 5.75 Å². The lowest BCUT2D eigenvalue weighted by Gasteiger charge is -2.36. The van der Waals surface area contributed by atoms with Crippen molar-refractivity contribution in [1.82, 2.24) is 5.32 Å². The van der Waals surface area contributed by atoms with E-state index in [1.165, 1.54) is 0 Å². The number of urea groups is 1. The van der Waals surface area contributed by atoms with Gasteiger partial charge in [0.15, 0.2) is 0 Å². The topological polar surface area (TPSA) is 62.8 Å². The molecule has 2 aromatic carbocycles. The number of benzene rings is 2. The number of carbonyl (C=O) groups is 1. The van der Waals surface area contributed by atoms with E-state index in [9.17, 15) is 4.79 Å². The zero-order valence-corrected chi connectivity index (χ0v) is 16.9. The number of nitrogens with one attached hydrogen (secondary N) is 2. The fourth-order valence-corrected chi connectivity index (χ4v) is 3.31. The number of amides is 2. The average Bonchev–Trinajstić information content (AvgIpc) is 2.66. The van der Waals surface area contributed by atoms with Crippen molar-refractivity contribution >= 4 is 29.0 Å². The van der Waals surface area contributed by atoms with E-state index < -0.39 is 0 Å². The van der Waals surface area contributed by atoms with Gasteiger partial charge in [0.2, 0.25) is 0 Å². The molecule has 7 heteroatoms. The van der Waals surface area contributed by atoms with Crippen LogP contribution in [0.1, 0.15) is 13.8 Å². The van der Waals surface area contributed by atoms with Crippen LogP contribution in [0.15, 0.2) is 48.5 Å². The van der Waals surface area contributed by atoms with Crippen molar-refractivity contribution < 1.29 is 14.3 Å². The van der Waals surface area contributed by atoms with Gasteiger partial charge in [-0.1, -0.05) is 11.6 Å². The van der Waals surface area contributed by atoms with Crippen molar-refractivity contribution in [2.24, 2.45) is 0 Å². The van der Waals surface area contributed by atoms with E-state index in [0.29, 0.717) is 23.9 Å². The van der Waals surface area contributed by atoms with Crippen LogP contribution in [-0.2, 0) is 4.74 Å². The highest BCUT2D eigenvalue weighted by atomic mass is 35.5. The van der Waals surface area contributed by atoms with Gasteiger partial charge in [-0.3, -0.25) is 0 Å². The molecule has 0 radical (unpaired) electrons. The van der Waals surface area contributed by atoms with Crippen molar-refractivity contribution in [1.29, 1.82) is 0 Å². The smallest absolute Gasteiger partial charge is 0.319 e. The lowest BCUT2D eigenvalue weighted by atomic mass is 10.2. The molecule has 150 valence electrons. The van der Waals surface area contributed by atoms with E-state index in [-0.39, 0.29) is 18.2 Å². The first-order valence-electron chi connectivity index (χ1n) is 9.43. The summed E-state index contributed by atoms with van der Waals surface area (Å²) < 4.78 is 11.3. The lowest BCUT2D eigenvalue weighted by molar-refractivity contribution is -0.00521. The average molecular weight is 404 g/mol. The van der Waals surface area contributed by atoms with Gasteiger partial charge in [-0.2, -0.15) is 0 Å². The van der Waals surface area contributed by atoms with Crippen molar-refractivity contribution in [3.05, 3.63) is 53.6 Å². The monoisotopic (exact) mass is 403 g/mol. The van der Waals surface area contributed by atoms with Crippen LogP contribution >= 0.6 is 11.6 Å². The number of rotatable bonds is 6. The number of hydrogen-bond acceptors (Lipinski definition) is 4. The normalized spacial score (nSPS) is 19.2. The molecule has 6 nitrogen and oxygen atoms in total. The van der Waals surface area contributed by atoms with Gasteiger partial charge in [-0.15, -0.1) is 0 Å². The zero-order chi connectivity index (χ0) is 19.9. The van der Waals surface area contributed by atoms with Gasteiger partial charge in [0.1, 0.15) is 12.4 Å². The Morgan fingerprint density at radius 1 is 1.11 bits per heavy atom. The maximum atomic E-state index is 12.0. The number of anilines is 2. The summed E-state index contributed by atoms with van der Waals surface area (Å²) in [5, 5.41) is 6.26. The molecule has 0 spiro atoms. The van der Waals surface area contributed by atoms with Gasteiger partial charge in [-0.05, 0) is 62.4 Å². The molecule has 0 aromatic heterocycles. The Bertz CT molecular complexity index is 757. The fourth-order valence-electron chi connectivity index (χ4n) is 3.18. The predicted octanol–water partition coefficient (Wildman–Crippen LogP) is 4.15. The van der Waals surface area contributed by atoms with Gasteiger partial charge in [0.05, 0.1) is 18.8 Å². The first-order chi connectivity index (χ1) is 13.5. The zero-order valence-electron chi connectivity index (χ0n) is 16.2. The summed E-state index contributed by atoms with van der Waals surface area (Å²) in [5.74, 6) is 0.717. The maximum Gasteiger partial charge on any atom is 0.319 e. The first-order valence-corrected chi connectivity index (χ1v) is 9.81. The molecule has 2 amide bonds. The first kappa shape index (κ1) is 20.3. The molecule has 1 heterocycles. The standard InChI is InChI=1S/C21H26ClN3O3/c1-15-13-25(14-16(2)28-15)19-7-5-18(6-8-19)24-21(26)23-11-12-27-20-9-3-17(22)4-10-20/h3-10,15-16H,11-14H2,1-2H3,(H2,23,24,26). The number of carbonyl (C=O) groups excluding carboxylic acids is 1. The molecule has 28 heavy (non-hydrogen) atoms. The van der Waals surface area contributed by atoms with Crippen LogP contribution in [0, 0.1) is 0 Å². The highest BCUT2D eigenvalue weighted by molar-refractivity contribution is 6.30. The summed E-state index contributed by atoms with van der Waals surface area (Å²) in [6, 6.07) is 14.7. The largest absolute Gasteiger partial charge is 0.492 e. The van der Waals surface area contributed by atoms with Crippen LogP contribution in [0.2, 0.25) is 5.02 Å². The second kappa shape index (κ2) is 9.66. The molecule has 1 saturated heterocycles. The Morgan fingerprint density at radius 2 is 1.75 bits per heavy atom. The minimum atomic E-state index is -0.263. The molecule has 2 atom stereocenters. The minimum Gasteiger partial charge on any atom is -0.492 e. The highest BCUT2D eigenvalue weighted by Crippen LogP contribution is 2.22. The maximum absolute atomic E-state index is 12.0. The summed E-state index contributed by atoms with van der Waals surface area (Å²) in [4.78, 5) is 14.3. The molecule has 2 aromatic rings. The Labute approximate surface area is 170 Å². The quantitative estimate of drug-likeness (QED) is 0.711. The molecule has 1 aliphatic rings. The van der Waals surface area contributed by atoms with E-state index in [0.717, 1.165) is 24.5 Å². The van der Waals surface area contributed by atoms with E-state index in [1.807, 2.05) is 24.3 Å². The molecule has 0 saturated carbocycles. The van der Waals surface area contributed by atoms with Crippen LogP contribution in [0.4, 0.5) is 16.2 Å². The summed E-state index contributed by atoms with van der Waals surface area (Å²) in [6.07, 6.45) is 0.421. The summed E-state index contributed by atoms with van der Waals surface area (Å²) in [6.45, 7) is 6.67. The number of hydrogen-bond donors (Lipinski definition) is 2. The third kappa shape index (κ3) is 6.04. The number of morpholine rings is 1. The van der Waals surface area contributed by atoms with Crippen LogP contribution in [0.3, 0.4) is 0 Å². The molecule has 2 N–H and O–H groups in total. The van der Waals surface area contributed by atoms with Crippen molar-refractivity contribution in [2.45, 2.75) is 26.1 Å². The third-order valence-electron chi connectivity index (χ3n) is 4.38. The predicted molar refractivity (Wildman–Crippen MR) is 113 cm³/mol. The number of nitrogens with zero attached hydrogens (tertiary/aromatic N) is 1. The molecule has 2 unspecified atom stereocenters. The third-order valence-corrected chi connectivity index (χ3v) is 4.63. The van der Waals surface area contributed by atoms with Crippen molar-refractivity contribution in [3.8, 4) is 5.75 Å². The van der Waals surface area contributed by atoms with Crippen molar-refractivity contribution in [2.75, 3.05) is 36.5 Å². The second-order valence-corrected chi connectivity index (χ2v) is 7.33. The Hall–Kier alpha value is -2.44. The van der Waals surface area contributed by atoms with Crippen LogP contribution in [-0.4, -0.2) is 44.5 Å². The van der Waals surface area contributed by atoms with Gasteiger partial charge < -0.3 is 25.0 Å². The molecule has 1 aliphatic heterocycles. The van der Waals surface area contributed by atoms with Crippen LogP contribution < -0.4 is 20.3 Å². The molecular weight excluding hydrogens is 378 g/mol. The Morgan fingerprint density at radius 3 is 2.39 bits per heavy atom. The lowest BCUT2D eigenvalue weighted by Crippen LogP contribution is -2.45. The minimum absolute atomic E-state index is 0.211. The second-order valence-electron chi connectivity index (χ2n) is 6.89. The number of ether oxygens (including phenoxy) is 2. The number of halogens is 1. The van der Waals surface area contributed by atoms with Gasteiger partial charge >= 0.3 is 6.03 Å². The summed E-state index contributed by atoms with van der Waals surface area (Å²) >= 11 is 5.83. The van der Waals surface area contributed by atoms with Crippen molar-refractivity contribution in [3.63, 3.8) is 0 Å². The Kier molecular flexibility index (Phi) is 7.01. The summed E-state index contributed by atoms with van der Waals surface area (Å²) in [7, 11) is 0. The molecule has 3 rings (SSSR count). The molecule has 0 bridgehead atoms. The van der Waals surface area contributed by atoms with E-state index in [2.05, 4.69) is 29.4 Å². The molecule has 1 fully saturated rings. The van der Waals surface area contributed by atoms with Gasteiger partial charge in [0.25, 0.3) is 0 Å². The van der Waals surface area contributed by atoms with E-state index in [4.69, 9.17) is 21.1 Å². The SMILES string of the molecule is CC1CN(c2ccc(NC(=O)NCCOc3ccc(Cl)cc3)cc2)CC(C)O1. The van der Waals surface area contributed by atoms with Crippen LogP contribution in [0.25, 0.3) is 0 Å². The Balaban J connectivity index is 1.41. The molecule has 0 aliphatic carbocycles. The molecular formula is C21H26ClN3O3. The van der Waals surface area contributed by atoms with E-state index in [1.54, 1.807) is 24.3 Å². The van der Waals surface area contributed by atoms with Gasteiger partial charge in [0, 0.05) is 29.5 Å². The van der Waals surface area contributed by atoms with Gasteiger partial charge in [-0.25, -0.2) is 4.79 Å². The van der Waals surface area contributed by atoms with E-state index >= 15 is 0 Å².